The van der Waals surface area contributed by atoms with E-state index < -0.39 is 10.8 Å². The van der Waals surface area contributed by atoms with E-state index in [4.69, 9.17) is 17.3 Å². The maximum absolute atomic E-state index is 12.9. The number of aryl methyl sites for hydroxylation is 1. The summed E-state index contributed by atoms with van der Waals surface area (Å²) in [6.45, 7) is 1.91. The molecule has 2 aromatic carbocycles. The molecule has 0 aliphatic carbocycles. The van der Waals surface area contributed by atoms with Crippen molar-refractivity contribution < 1.29 is 14.3 Å². The number of benzene rings is 2. The van der Waals surface area contributed by atoms with Crippen LogP contribution in [0.2, 0.25) is 5.02 Å². The van der Waals surface area contributed by atoms with Crippen molar-refractivity contribution in [2.45, 2.75) is 6.92 Å². The summed E-state index contributed by atoms with van der Waals surface area (Å²) >= 11 is 6.03. The number of nitrogens with one attached hydrogen (secondary N) is 1. The molecule has 0 atom stereocenters. The van der Waals surface area contributed by atoms with E-state index in [2.05, 4.69) is 35.8 Å². The first kappa shape index (κ1) is 21.6. The molecule has 2 aromatic heterocycles. The number of hydrogen-bond acceptors (Lipinski definition) is 10. The molecule has 4 aromatic rings. The number of nitro groups is 1. The fourth-order valence-corrected chi connectivity index (χ4v) is 3.13. The molecule has 0 radical (unpaired) electrons. The van der Waals surface area contributed by atoms with Crippen LogP contribution in [0.5, 0.6) is 0 Å². The first-order chi connectivity index (χ1) is 15.9. The van der Waals surface area contributed by atoms with Gasteiger partial charge in [0.05, 0.1) is 21.7 Å². The zero-order valence-electron chi connectivity index (χ0n) is 16.8. The van der Waals surface area contributed by atoms with Gasteiger partial charge in [0.25, 0.3) is 11.6 Å². The number of nitrogens with zero attached hydrogens (tertiary/aromatic N) is 7. The zero-order chi connectivity index (χ0) is 23.5. The van der Waals surface area contributed by atoms with E-state index in [1.165, 1.54) is 22.9 Å². The predicted octanol–water partition coefficient (Wildman–Crippen LogP) is 2.53. The first-order valence-corrected chi connectivity index (χ1v) is 9.62. The second-order valence-electron chi connectivity index (χ2n) is 6.67. The van der Waals surface area contributed by atoms with E-state index in [1.54, 1.807) is 12.1 Å². The highest BCUT2D eigenvalue weighted by Crippen LogP contribution is 2.27. The van der Waals surface area contributed by atoms with Crippen molar-refractivity contribution in [3.05, 3.63) is 74.4 Å². The van der Waals surface area contributed by atoms with E-state index >= 15 is 0 Å². The van der Waals surface area contributed by atoms with Gasteiger partial charge in [-0.15, -0.1) is 5.10 Å². The molecule has 166 valence electrons. The number of nitro benzene ring substituents is 1. The number of hydrazone groups is 1. The molecule has 0 saturated heterocycles. The van der Waals surface area contributed by atoms with E-state index in [9.17, 15) is 14.9 Å². The van der Waals surface area contributed by atoms with E-state index in [0.717, 1.165) is 11.8 Å². The maximum atomic E-state index is 12.9. The van der Waals surface area contributed by atoms with Gasteiger partial charge in [-0.3, -0.25) is 14.9 Å². The topological polar surface area (TPSA) is 180 Å². The summed E-state index contributed by atoms with van der Waals surface area (Å²) in [5.41, 5.74) is 9.57. The number of nitrogen functional groups attached to an aromatic ring is 1. The van der Waals surface area contributed by atoms with E-state index in [-0.39, 0.29) is 39.3 Å². The van der Waals surface area contributed by atoms with Gasteiger partial charge in [-0.1, -0.05) is 52.7 Å². The van der Waals surface area contributed by atoms with Gasteiger partial charge >= 0.3 is 0 Å². The molecule has 2 heterocycles. The van der Waals surface area contributed by atoms with Crippen LogP contribution in [0.25, 0.3) is 17.1 Å². The predicted molar refractivity (Wildman–Crippen MR) is 117 cm³/mol. The molecular weight excluding hydrogens is 454 g/mol. The van der Waals surface area contributed by atoms with Crippen molar-refractivity contribution in [3.63, 3.8) is 0 Å². The minimum absolute atomic E-state index is 0.0355. The zero-order valence-corrected chi connectivity index (χ0v) is 17.6. The van der Waals surface area contributed by atoms with Gasteiger partial charge in [0.1, 0.15) is 5.69 Å². The maximum Gasteiger partial charge on any atom is 0.294 e. The van der Waals surface area contributed by atoms with Crippen molar-refractivity contribution >= 4 is 35.2 Å². The number of anilines is 1. The number of rotatable bonds is 6. The number of carbonyl (C=O) groups is 1. The summed E-state index contributed by atoms with van der Waals surface area (Å²) in [6.07, 6.45) is 1.08. The lowest BCUT2D eigenvalue weighted by Gasteiger charge is -2.06. The number of aromatic nitrogens is 5. The number of halogens is 1. The lowest BCUT2D eigenvalue weighted by molar-refractivity contribution is -0.385. The Labute approximate surface area is 190 Å². The SMILES string of the molecule is Cc1ccc(-c2c(C(=O)NN=Cc3c(Cl)cccc3[N+](=O)[O-])nnn2-c2nonc2N)cc1. The van der Waals surface area contributed by atoms with Crippen LogP contribution in [-0.2, 0) is 0 Å². The van der Waals surface area contributed by atoms with Crippen molar-refractivity contribution in [2.24, 2.45) is 5.10 Å². The molecule has 0 fully saturated rings. The van der Waals surface area contributed by atoms with Crippen molar-refractivity contribution in [2.75, 3.05) is 5.73 Å². The molecule has 0 aliphatic heterocycles. The molecule has 0 spiro atoms. The molecule has 0 unspecified atom stereocenters. The standard InChI is InChI=1S/C19H14ClN9O4/c1-10-5-7-11(8-6-10)16-15(23-27-28(16)18-17(21)25-33-26-18)19(30)24-22-9-12-13(20)3-2-4-14(12)29(31)32/h2-9H,1H3,(H2,21,25)(H,24,30). The number of carbonyl (C=O) groups excluding carboxylic acids is 1. The molecule has 1 amide bonds. The van der Waals surface area contributed by atoms with Crippen LogP contribution >= 0.6 is 11.6 Å². The quantitative estimate of drug-likeness (QED) is 0.244. The molecular formula is C19H14ClN9O4. The summed E-state index contributed by atoms with van der Waals surface area (Å²) in [7, 11) is 0. The van der Waals surface area contributed by atoms with Crippen LogP contribution < -0.4 is 11.2 Å². The second-order valence-corrected chi connectivity index (χ2v) is 7.07. The molecule has 0 bridgehead atoms. The Morgan fingerprint density at radius 1 is 1.27 bits per heavy atom. The van der Waals surface area contributed by atoms with Gasteiger partial charge in [-0.05, 0) is 23.3 Å². The van der Waals surface area contributed by atoms with E-state index in [1.807, 2.05) is 19.1 Å². The Morgan fingerprint density at radius 3 is 2.70 bits per heavy atom. The van der Waals surface area contributed by atoms with Crippen LogP contribution in [0.3, 0.4) is 0 Å². The fourth-order valence-electron chi connectivity index (χ4n) is 2.91. The Balaban J connectivity index is 1.70. The normalized spacial score (nSPS) is 11.1. The minimum atomic E-state index is -0.738. The van der Waals surface area contributed by atoms with Crippen molar-refractivity contribution in [3.8, 4) is 17.1 Å². The monoisotopic (exact) mass is 467 g/mol. The molecule has 13 nitrogen and oxygen atoms in total. The van der Waals surface area contributed by atoms with E-state index in [0.29, 0.717) is 5.56 Å². The summed E-state index contributed by atoms with van der Waals surface area (Å²) < 4.78 is 5.85. The highest BCUT2D eigenvalue weighted by atomic mass is 35.5. The van der Waals surface area contributed by atoms with Gasteiger partial charge < -0.3 is 5.73 Å². The van der Waals surface area contributed by atoms with Crippen molar-refractivity contribution in [1.29, 1.82) is 0 Å². The summed E-state index contributed by atoms with van der Waals surface area (Å²) in [4.78, 5) is 23.5. The summed E-state index contributed by atoms with van der Waals surface area (Å²) in [5.74, 6) is -0.741. The lowest BCUT2D eigenvalue weighted by atomic mass is 10.1. The number of hydrogen-bond donors (Lipinski definition) is 2. The highest BCUT2D eigenvalue weighted by molar-refractivity contribution is 6.33. The third-order valence-electron chi connectivity index (χ3n) is 4.49. The Kier molecular flexibility index (Phi) is 5.78. The fraction of sp³-hybridized carbons (Fsp3) is 0.0526. The molecule has 3 N–H and O–H groups in total. The Bertz CT molecular complexity index is 1380. The minimum Gasteiger partial charge on any atom is -0.378 e. The van der Waals surface area contributed by atoms with Gasteiger partial charge in [0, 0.05) is 11.6 Å². The summed E-state index contributed by atoms with van der Waals surface area (Å²) in [5, 5.41) is 30.2. The van der Waals surface area contributed by atoms with Gasteiger partial charge in [-0.2, -0.15) is 9.78 Å². The molecule has 0 saturated carbocycles. The van der Waals surface area contributed by atoms with Crippen molar-refractivity contribution in [1.82, 2.24) is 30.7 Å². The van der Waals surface area contributed by atoms with Crippen LogP contribution in [0.15, 0.2) is 52.2 Å². The highest BCUT2D eigenvalue weighted by Gasteiger charge is 2.25. The third-order valence-corrected chi connectivity index (χ3v) is 4.82. The van der Waals surface area contributed by atoms with Crippen LogP contribution in [-0.4, -0.2) is 42.4 Å². The largest absolute Gasteiger partial charge is 0.378 e. The molecule has 0 aliphatic rings. The average Bonchev–Trinajstić information content (AvgIpc) is 3.41. The van der Waals surface area contributed by atoms with Gasteiger partial charge in [0.2, 0.25) is 11.6 Å². The van der Waals surface area contributed by atoms with Gasteiger partial charge in [0.15, 0.2) is 5.69 Å². The molecule has 33 heavy (non-hydrogen) atoms. The smallest absolute Gasteiger partial charge is 0.294 e. The van der Waals surface area contributed by atoms with Crippen LogP contribution in [0.1, 0.15) is 21.6 Å². The third kappa shape index (κ3) is 4.24. The Morgan fingerprint density at radius 2 is 2.03 bits per heavy atom. The Hall–Kier alpha value is -4.65. The molecule has 4 rings (SSSR count). The molecule has 14 heteroatoms. The first-order valence-electron chi connectivity index (χ1n) is 9.24. The second kappa shape index (κ2) is 8.84. The summed E-state index contributed by atoms with van der Waals surface area (Å²) in [6, 6.07) is 11.4. The number of nitrogens with two attached hydrogens (primary N) is 1. The average molecular weight is 468 g/mol. The lowest BCUT2D eigenvalue weighted by Crippen LogP contribution is -2.19. The number of amides is 1. The van der Waals surface area contributed by atoms with Crippen LogP contribution in [0.4, 0.5) is 11.5 Å². The van der Waals surface area contributed by atoms with Gasteiger partial charge in [-0.25, -0.2) is 10.1 Å². The van der Waals surface area contributed by atoms with Crippen LogP contribution in [0, 0.1) is 17.0 Å².